The molecule has 0 aromatic rings. The molecule has 0 radical (unpaired) electrons. The van der Waals surface area contributed by atoms with Gasteiger partial charge in [-0.1, -0.05) is 80.6 Å². The summed E-state index contributed by atoms with van der Waals surface area (Å²) in [6.07, 6.45) is 21.3. The summed E-state index contributed by atoms with van der Waals surface area (Å²) in [5.74, 6) is 6.79. The number of fused-ring (bicyclic) bond motifs is 5. The van der Waals surface area contributed by atoms with Crippen LogP contribution in [0, 0.1) is 52.3 Å². The molecule has 9 atom stereocenters. The highest BCUT2D eigenvalue weighted by atomic mass is 28.4. The predicted octanol–water partition coefficient (Wildman–Crippen LogP) is 10.6. The molecule has 4 aliphatic carbocycles. The lowest BCUT2D eigenvalue weighted by Gasteiger charge is -2.61. The Labute approximate surface area is 226 Å². The maximum atomic E-state index is 7.24. The summed E-state index contributed by atoms with van der Waals surface area (Å²) >= 11 is 0. The summed E-state index contributed by atoms with van der Waals surface area (Å²) in [5.41, 5.74) is 2.05. The van der Waals surface area contributed by atoms with Crippen LogP contribution in [0.3, 0.4) is 0 Å². The zero-order chi connectivity index (χ0) is 25.7. The fourth-order valence-electron chi connectivity index (χ4n) is 11.5. The highest BCUT2D eigenvalue weighted by molar-refractivity contribution is 6.75. The lowest BCUT2D eigenvalue weighted by atomic mass is 9.44. The standard InChI is InChI=1S/C34H62OSi/c1-24(2)11-10-12-26(5)30-15-16-31-29-14-13-27-23-28(35-36(25(3)4)21-8-9-22-36)17-19-33(27,6)32(29)18-20-34(30,31)7/h24-32H,8-23H2,1-7H3/t26?,27?,28-,29?,30?,31?,32?,33+,34-/m1/s1. The first-order valence-electron chi connectivity index (χ1n) is 16.8. The average Bonchev–Trinajstić information content (AvgIpc) is 3.44. The van der Waals surface area contributed by atoms with Crippen molar-refractivity contribution >= 4 is 8.32 Å². The van der Waals surface area contributed by atoms with Gasteiger partial charge in [0.05, 0.1) is 0 Å². The van der Waals surface area contributed by atoms with E-state index >= 15 is 0 Å². The van der Waals surface area contributed by atoms with Crippen LogP contribution < -0.4 is 0 Å². The van der Waals surface area contributed by atoms with Crippen molar-refractivity contribution in [3.05, 3.63) is 0 Å². The Morgan fingerprint density at radius 3 is 2.17 bits per heavy atom. The Morgan fingerprint density at radius 1 is 0.778 bits per heavy atom. The molecule has 5 fully saturated rings. The molecule has 6 unspecified atom stereocenters. The molecule has 0 N–H and O–H groups in total. The third kappa shape index (κ3) is 4.84. The summed E-state index contributed by atoms with van der Waals surface area (Å²) in [5, 5.41) is 0. The molecule has 1 saturated heterocycles. The van der Waals surface area contributed by atoms with E-state index in [0.29, 0.717) is 16.9 Å². The SMILES string of the molecule is CC(C)CCCC(C)C1CCC2C3CCC4C[C@H](O[Si]5(C(C)C)CCCC5)CC[C@]4(C)C3CC[C@]12C. The summed E-state index contributed by atoms with van der Waals surface area (Å²) < 4.78 is 7.24. The molecular weight excluding hydrogens is 452 g/mol. The number of hydrogen-bond donors (Lipinski definition) is 0. The Morgan fingerprint density at radius 2 is 1.47 bits per heavy atom. The van der Waals surface area contributed by atoms with Gasteiger partial charge in [-0.3, -0.25) is 0 Å². The molecule has 2 heteroatoms. The van der Waals surface area contributed by atoms with Crippen molar-refractivity contribution in [3.63, 3.8) is 0 Å². The van der Waals surface area contributed by atoms with E-state index in [1.54, 1.807) is 12.8 Å². The van der Waals surface area contributed by atoms with Crippen molar-refractivity contribution in [3.8, 4) is 0 Å². The topological polar surface area (TPSA) is 9.23 Å². The first-order valence-corrected chi connectivity index (χ1v) is 19.2. The smallest absolute Gasteiger partial charge is 0.195 e. The Hall–Kier alpha value is 0.177. The molecule has 0 bridgehead atoms. The van der Waals surface area contributed by atoms with E-state index < -0.39 is 8.32 Å². The van der Waals surface area contributed by atoms with Gasteiger partial charge in [0.1, 0.15) is 0 Å². The van der Waals surface area contributed by atoms with Gasteiger partial charge in [0.25, 0.3) is 0 Å². The predicted molar refractivity (Wildman–Crippen MR) is 158 cm³/mol. The third-order valence-electron chi connectivity index (χ3n) is 13.7. The van der Waals surface area contributed by atoms with Crippen LogP contribution in [-0.2, 0) is 4.43 Å². The summed E-state index contributed by atoms with van der Waals surface area (Å²) in [4.78, 5) is 0. The van der Waals surface area contributed by atoms with Gasteiger partial charge in [-0.15, -0.1) is 0 Å². The molecule has 1 heterocycles. The molecule has 0 spiro atoms. The normalized spacial score (nSPS) is 44.9. The van der Waals surface area contributed by atoms with E-state index in [0.717, 1.165) is 47.0 Å². The van der Waals surface area contributed by atoms with Crippen LogP contribution in [0.15, 0.2) is 0 Å². The van der Waals surface area contributed by atoms with Crippen molar-refractivity contribution in [2.75, 3.05) is 0 Å². The number of hydrogen-bond acceptors (Lipinski definition) is 1. The molecule has 4 saturated carbocycles. The van der Waals surface area contributed by atoms with Gasteiger partial charge in [0.2, 0.25) is 0 Å². The van der Waals surface area contributed by atoms with Gasteiger partial charge >= 0.3 is 0 Å². The first-order chi connectivity index (χ1) is 17.1. The molecule has 1 nitrogen and oxygen atoms in total. The van der Waals surface area contributed by atoms with Crippen molar-refractivity contribution < 1.29 is 4.43 Å². The van der Waals surface area contributed by atoms with Crippen molar-refractivity contribution in [1.29, 1.82) is 0 Å². The minimum atomic E-state index is -1.47. The molecular formula is C34H62OSi. The van der Waals surface area contributed by atoms with Crippen LogP contribution in [0.2, 0.25) is 17.6 Å². The second-order valence-electron chi connectivity index (χ2n) is 16.1. The molecule has 0 amide bonds. The van der Waals surface area contributed by atoms with Crippen LogP contribution in [0.1, 0.15) is 138 Å². The summed E-state index contributed by atoms with van der Waals surface area (Å²) in [7, 11) is -1.47. The van der Waals surface area contributed by atoms with Gasteiger partial charge in [0, 0.05) is 6.10 Å². The van der Waals surface area contributed by atoms with Gasteiger partial charge in [-0.05, 0) is 128 Å². The second-order valence-corrected chi connectivity index (χ2v) is 20.6. The molecule has 1 aliphatic heterocycles. The minimum Gasteiger partial charge on any atom is -0.414 e. The monoisotopic (exact) mass is 514 g/mol. The molecule has 5 aliphatic rings. The van der Waals surface area contributed by atoms with Gasteiger partial charge in [-0.2, -0.15) is 0 Å². The largest absolute Gasteiger partial charge is 0.414 e. The van der Waals surface area contributed by atoms with Crippen molar-refractivity contribution in [2.24, 2.45) is 52.3 Å². The lowest BCUT2D eigenvalue weighted by molar-refractivity contribution is -0.127. The zero-order valence-corrected chi connectivity index (χ0v) is 26.4. The lowest BCUT2D eigenvalue weighted by Crippen LogP contribution is -2.55. The minimum absolute atomic E-state index is 0.600. The zero-order valence-electron chi connectivity index (χ0n) is 25.4. The summed E-state index contributed by atoms with van der Waals surface area (Å²) in [6, 6.07) is 2.90. The number of rotatable bonds is 8. The van der Waals surface area contributed by atoms with Gasteiger partial charge in [-0.25, -0.2) is 0 Å². The van der Waals surface area contributed by atoms with E-state index in [4.69, 9.17) is 4.43 Å². The fraction of sp³-hybridized carbons (Fsp3) is 1.00. The highest BCUT2D eigenvalue weighted by Crippen LogP contribution is 2.68. The third-order valence-corrected chi connectivity index (χ3v) is 19.0. The van der Waals surface area contributed by atoms with E-state index in [1.165, 1.54) is 89.1 Å². The highest BCUT2D eigenvalue weighted by Gasteiger charge is 2.61. The van der Waals surface area contributed by atoms with Gasteiger partial charge < -0.3 is 4.43 Å². The maximum Gasteiger partial charge on any atom is 0.195 e. The van der Waals surface area contributed by atoms with E-state index in [9.17, 15) is 0 Å². The van der Waals surface area contributed by atoms with Crippen molar-refractivity contribution in [1.82, 2.24) is 0 Å². The molecule has 5 rings (SSSR count). The van der Waals surface area contributed by atoms with Crippen LogP contribution in [0.4, 0.5) is 0 Å². The molecule has 208 valence electrons. The van der Waals surface area contributed by atoms with E-state index in [2.05, 4.69) is 48.5 Å². The van der Waals surface area contributed by atoms with Gasteiger partial charge in [0.15, 0.2) is 8.32 Å². The van der Waals surface area contributed by atoms with Crippen molar-refractivity contribution in [2.45, 2.75) is 162 Å². The first kappa shape index (κ1) is 27.7. The Bertz CT molecular complexity index is 739. The Balaban J connectivity index is 1.23. The molecule has 0 aromatic carbocycles. The Kier molecular flexibility index (Phi) is 8.19. The summed E-state index contributed by atoms with van der Waals surface area (Å²) in [6.45, 7) is 17.9. The fourth-order valence-corrected chi connectivity index (χ4v) is 16.0. The average molecular weight is 515 g/mol. The van der Waals surface area contributed by atoms with E-state index in [1.807, 2.05) is 0 Å². The molecule has 0 aromatic heterocycles. The maximum absolute atomic E-state index is 7.24. The quantitative estimate of drug-likeness (QED) is 0.293. The molecule has 36 heavy (non-hydrogen) atoms. The van der Waals surface area contributed by atoms with Crippen LogP contribution >= 0.6 is 0 Å². The van der Waals surface area contributed by atoms with Crippen LogP contribution in [-0.4, -0.2) is 14.4 Å². The van der Waals surface area contributed by atoms with E-state index in [-0.39, 0.29) is 0 Å². The van der Waals surface area contributed by atoms with Crippen LogP contribution in [0.25, 0.3) is 0 Å². The van der Waals surface area contributed by atoms with Crippen LogP contribution in [0.5, 0.6) is 0 Å². The second kappa shape index (κ2) is 10.6.